The molecule has 0 saturated heterocycles. The highest BCUT2D eigenvalue weighted by molar-refractivity contribution is 6.32. The van der Waals surface area contributed by atoms with E-state index in [1.165, 1.54) is 12.5 Å². The molecular weight excluding hydrogens is 216 g/mol. The van der Waals surface area contributed by atoms with Crippen molar-refractivity contribution < 1.29 is 4.79 Å². The molecule has 1 rings (SSSR count). The lowest BCUT2D eigenvalue weighted by Crippen LogP contribution is -2.39. The minimum Gasteiger partial charge on any atom is -0.368 e. The number of hydrogen-bond donors (Lipinski definition) is 2. The number of anilines is 1. The van der Waals surface area contributed by atoms with Crippen LogP contribution in [0.3, 0.4) is 0 Å². The molecule has 0 fully saturated rings. The molecule has 0 aromatic carbocycles. The topological polar surface area (TPSA) is 80.9 Å². The van der Waals surface area contributed by atoms with Gasteiger partial charge in [0, 0.05) is 0 Å². The second-order valence-corrected chi connectivity index (χ2v) is 3.89. The van der Waals surface area contributed by atoms with Gasteiger partial charge in [0.05, 0.1) is 6.20 Å². The molecule has 0 aliphatic heterocycles. The van der Waals surface area contributed by atoms with Crippen molar-refractivity contribution >= 4 is 23.3 Å². The Morgan fingerprint density at radius 2 is 2.27 bits per heavy atom. The summed E-state index contributed by atoms with van der Waals surface area (Å²) in [6, 6.07) is -0.489. The van der Waals surface area contributed by atoms with Crippen LogP contribution in [0.1, 0.15) is 13.8 Å². The molecule has 0 spiro atoms. The molecule has 82 valence electrons. The first kappa shape index (κ1) is 11.7. The maximum absolute atomic E-state index is 11.1. The first-order valence-corrected chi connectivity index (χ1v) is 4.91. The fourth-order valence-electron chi connectivity index (χ4n) is 1.13. The van der Waals surface area contributed by atoms with Gasteiger partial charge in [-0.1, -0.05) is 25.4 Å². The predicted molar refractivity (Wildman–Crippen MR) is 58.5 cm³/mol. The van der Waals surface area contributed by atoms with Crippen molar-refractivity contribution in [2.75, 3.05) is 5.32 Å². The van der Waals surface area contributed by atoms with Gasteiger partial charge >= 0.3 is 0 Å². The van der Waals surface area contributed by atoms with Gasteiger partial charge in [0.2, 0.25) is 5.91 Å². The van der Waals surface area contributed by atoms with Crippen molar-refractivity contribution in [2.24, 2.45) is 11.7 Å². The van der Waals surface area contributed by atoms with Crippen molar-refractivity contribution in [3.8, 4) is 0 Å². The van der Waals surface area contributed by atoms with Crippen molar-refractivity contribution in [1.29, 1.82) is 0 Å². The molecule has 0 saturated carbocycles. The van der Waals surface area contributed by atoms with E-state index in [9.17, 15) is 4.79 Å². The van der Waals surface area contributed by atoms with E-state index in [-0.39, 0.29) is 5.92 Å². The molecule has 1 aromatic rings. The molecule has 3 N–H and O–H groups in total. The van der Waals surface area contributed by atoms with E-state index in [4.69, 9.17) is 17.3 Å². The summed E-state index contributed by atoms with van der Waals surface area (Å²) in [5.74, 6) is 0.0531. The molecule has 1 amide bonds. The Hall–Kier alpha value is -1.36. The number of nitrogens with zero attached hydrogens (tertiary/aromatic N) is 2. The van der Waals surface area contributed by atoms with Crippen LogP contribution in [0.25, 0.3) is 0 Å². The summed E-state index contributed by atoms with van der Waals surface area (Å²) in [5.41, 5.74) is 5.25. The molecule has 1 atom stereocenters. The standard InChI is InChI=1S/C9H13ClN4O/c1-5(2)7(8(11)15)14-9-6(10)3-12-4-13-9/h3-5,7H,1-2H3,(H2,11,15)(H,12,13,14). The van der Waals surface area contributed by atoms with Crippen LogP contribution >= 0.6 is 11.6 Å². The van der Waals surface area contributed by atoms with Crippen molar-refractivity contribution in [3.63, 3.8) is 0 Å². The Kier molecular flexibility index (Phi) is 3.85. The largest absolute Gasteiger partial charge is 0.368 e. The van der Waals surface area contributed by atoms with E-state index in [2.05, 4.69) is 15.3 Å². The third kappa shape index (κ3) is 3.06. The third-order valence-electron chi connectivity index (χ3n) is 1.93. The summed E-state index contributed by atoms with van der Waals surface area (Å²) in [6.45, 7) is 3.77. The van der Waals surface area contributed by atoms with Crippen LogP contribution in [-0.2, 0) is 4.79 Å². The highest BCUT2D eigenvalue weighted by atomic mass is 35.5. The minimum absolute atomic E-state index is 0.0635. The molecule has 0 bridgehead atoms. The van der Waals surface area contributed by atoms with E-state index >= 15 is 0 Å². The van der Waals surface area contributed by atoms with E-state index < -0.39 is 11.9 Å². The average molecular weight is 229 g/mol. The summed E-state index contributed by atoms with van der Waals surface area (Å²) in [5, 5.41) is 3.25. The van der Waals surface area contributed by atoms with Gasteiger partial charge in [0.25, 0.3) is 0 Å². The van der Waals surface area contributed by atoms with Gasteiger partial charge in [-0.3, -0.25) is 4.79 Å². The molecule has 6 heteroatoms. The number of rotatable bonds is 4. The Morgan fingerprint density at radius 1 is 1.60 bits per heavy atom. The van der Waals surface area contributed by atoms with Gasteiger partial charge in [0.1, 0.15) is 23.2 Å². The summed E-state index contributed by atoms with van der Waals surface area (Å²) in [7, 11) is 0. The molecule has 15 heavy (non-hydrogen) atoms. The molecule has 1 aromatic heterocycles. The summed E-state index contributed by atoms with van der Waals surface area (Å²) in [4.78, 5) is 18.8. The lowest BCUT2D eigenvalue weighted by Gasteiger charge is -2.19. The first-order valence-electron chi connectivity index (χ1n) is 4.53. The van der Waals surface area contributed by atoms with Crippen LogP contribution in [0.15, 0.2) is 12.5 Å². The highest BCUT2D eigenvalue weighted by Gasteiger charge is 2.20. The number of hydrogen-bond acceptors (Lipinski definition) is 4. The number of primary amides is 1. The van der Waals surface area contributed by atoms with Gasteiger partial charge in [-0.2, -0.15) is 0 Å². The van der Waals surface area contributed by atoms with Crippen LogP contribution in [0, 0.1) is 5.92 Å². The van der Waals surface area contributed by atoms with Crippen LogP contribution in [-0.4, -0.2) is 21.9 Å². The fourth-order valence-corrected chi connectivity index (χ4v) is 1.29. The SMILES string of the molecule is CC(C)C(Nc1ncncc1Cl)C(N)=O. The molecule has 1 unspecified atom stereocenters. The second-order valence-electron chi connectivity index (χ2n) is 3.49. The Bertz CT molecular complexity index is 356. The lowest BCUT2D eigenvalue weighted by molar-refractivity contribution is -0.119. The van der Waals surface area contributed by atoms with Gasteiger partial charge in [-0.05, 0) is 5.92 Å². The number of carbonyl (C=O) groups is 1. The van der Waals surface area contributed by atoms with Crippen LogP contribution in [0.2, 0.25) is 5.02 Å². The lowest BCUT2D eigenvalue weighted by atomic mass is 10.0. The molecule has 0 radical (unpaired) electrons. The van der Waals surface area contributed by atoms with Crippen LogP contribution < -0.4 is 11.1 Å². The third-order valence-corrected chi connectivity index (χ3v) is 2.21. The Labute approximate surface area is 93.0 Å². The number of halogens is 1. The van der Waals surface area contributed by atoms with Gasteiger partial charge in [-0.15, -0.1) is 0 Å². The summed E-state index contributed by atoms with van der Waals surface area (Å²) >= 11 is 5.84. The number of aromatic nitrogens is 2. The molecule has 0 aliphatic rings. The van der Waals surface area contributed by atoms with Crippen molar-refractivity contribution in [2.45, 2.75) is 19.9 Å². The maximum Gasteiger partial charge on any atom is 0.240 e. The van der Waals surface area contributed by atoms with Crippen LogP contribution in [0.4, 0.5) is 5.82 Å². The Morgan fingerprint density at radius 3 is 2.73 bits per heavy atom. The fraction of sp³-hybridized carbons (Fsp3) is 0.444. The zero-order valence-electron chi connectivity index (χ0n) is 8.57. The average Bonchev–Trinajstić information content (AvgIpc) is 2.15. The molecule has 5 nitrogen and oxygen atoms in total. The van der Waals surface area contributed by atoms with Gasteiger partial charge in [0.15, 0.2) is 0 Å². The highest BCUT2D eigenvalue weighted by Crippen LogP contribution is 2.18. The summed E-state index contributed by atoms with van der Waals surface area (Å²) in [6.07, 6.45) is 2.81. The predicted octanol–water partition coefficient (Wildman–Crippen LogP) is 1.05. The van der Waals surface area contributed by atoms with Gasteiger partial charge < -0.3 is 11.1 Å². The number of nitrogens with two attached hydrogens (primary N) is 1. The van der Waals surface area contributed by atoms with E-state index in [0.29, 0.717) is 10.8 Å². The zero-order chi connectivity index (χ0) is 11.4. The smallest absolute Gasteiger partial charge is 0.240 e. The van der Waals surface area contributed by atoms with E-state index in [0.717, 1.165) is 0 Å². The van der Waals surface area contributed by atoms with E-state index in [1.54, 1.807) is 0 Å². The maximum atomic E-state index is 11.1. The molecular formula is C9H13ClN4O. The van der Waals surface area contributed by atoms with Crippen molar-refractivity contribution in [3.05, 3.63) is 17.5 Å². The van der Waals surface area contributed by atoms with Gasteiger partial charge in [-0.25, -0.2) is 9.97 Å². The Balaban J connectivity index is 2.84. The molecule has 0 aliphatic carbocycles. The van der Waals surface area contributed by atoms with Crippen molar-refractivity contribution in [1.82, 2.24) is 9.97 Å². The van der Waals surface area contributed by atoms with Crippen LogP contribution in [0.5, 0.6) is 0 Å². The molecule has 1 heterocycles. The number of amides is 1. The number of carbonyl (C=O) groups excluding carboxylic acids is 1. The normalized spacial score (nSPS) is 12.5. The van der Waals surface area contributed by atoms with E-state index in [1.807, 2.05) is 13.8 Å². The zero-order valence-corrected chi connectivity index (χ0v) is 9.32. The number of nitrogens with one attached hydrogen (secondary N) is 1. The summed E-state index contributed by atoms with van der Waals surface area (Å²) < 4.78 is 0. The minimum atomic E-state index is -0.489. The first-order chi connectivity index (χ1) is 7.02. The monoisotopic (exact) mass is 228 g/mol. The second kappa shape index (κ2) is 4.93. The quantitative estimate of drug-likeness (QED) is 0.807.